The molecule has 0 aliphatic carbocycles. The first kappa shape index (κ1) is 19.1. The fourth-order valence-corrected chi connectivity index (χ4v) is 2.76. The van der Waals surface area contributed by atoms with E-state index < -0.39 is 5.91 Å². The van der Waals surface area contributed by atoms with Crippen molar-refractivity contribution in [3.63, 3.8) is 0 Å². The highest BCUT2D eigenvalue weighted by Crippen LogP contribution is 2.32. The van der Waals surface area contributed by atoms with E-state index in [0.29, 0.717) is 27.8 Å². The Morgan fingerprint density at radius 3 is 2.40 bits per heavy atom. The molecular formula is C17H16BrClN2O4. The molecule has 0 radical (unpaired) electrons. The molecule has 0 aliphatic rings. The van der Waals surface area contributed by atoms with Gasteiger partial charge < -0.3 is 14.2 Å². The minimum Gasteiger partial charge on any atom is -0.496 e. The van der Waals surface area contributed by atoms with Crippen molar-refractivity contribution >= 4 is 39.7 Å². The molecule has 0 aliphatic heterocycles. The molecule has 1 N–H and O–H groups in total. The van der Waals surface area contributed by atoms with Crippen LogP contribution >= 0.6 is 27.5 Å². The van der Waals surface area contributed by atoms with Crippen molar-refractivity contribution in [3.05, 3.63) is 51.0 Å². The molecule has 0 atom stereocenters. The number of hydrogen-bond acceptors (Lipinski definition) is 5. The van der Waals surface area contributed by atoms with Crippen molar-refractivity contribution in [2.24, 2.45) is 5.10 Å². The number of methoxy groups -OCH3 is 3. The fourth-order valence-electron chi connectivity index (χ4n) is 2.06. The number of halogens is 2. The zero-order valence-electron chi connectivity index (χ0n) is 13.8. The van der Waals surface area contributed by atoms with Gasteiger partial charge in [0, 0.05) is 16.7 Å². The Balaban J connectivity index is 2.20. The lowest BCUT2D eigenvalue weighted by molar-refractivity contribution is 0.0952. The summed E-state index contributed by atoms with van der Waals surface area (Å²) in [5.74, 6) is 1.14. The lowest BCUT2D eigenvalue weighted by Gasteiger charge is -2.09. The van der Waals surface area contributed by atoms with Crippen LogP contribution in [0.1, 0.15) is 15.9 Å². The number of carbonyl (C=O) groups excluding carboxylic acids is 1. The second kappa shape index (κ2) is 8.73. The smallest absolute Gasteiger partial charge is 0.275 e. The van der Waals surface area contributed by atoms with Gasteiger partial charge in [0.2, 0.25) is 0 Å². The van der Waals surface area contributed by atoms with Crippen LogP contribution in [-0.4, -0.2) is 33.5 Å². The highest BCUT2D eigenvalue weighted by Gasteiger charge is 2.12. The lowest BCUT2D eigenvalue weighted by Crippen LogP contribution is -2.18. The Morgan fingerprint density at radius 2 is 1.76 bits per heavy atom. The van der Waals surface area contributed by atoms with Crippen molar-refractivity contribution in [2.45, 2.75) is 0 Å². The van der Waals surface area contributed by atoms with E-state index in [9.17, 15) is 4.79 Å². The van der Waals surface area contributed by atoms with Crippen LogP contribution in [0.15, 0.2) is 39.9 Å². The van der Waals surface area contributed by atoms with Crippen LogP contribution in [-0.2, 0) is 0 Å². The Labute approximate surface area is 158 Å². The third-order valence-electron chi connectivity index (χ3n) is 3.28. The molecule has 0 fully saturated rings. The summed E-state index contributed by atoms with van der Waals surface area (Å²) >= 11 is 9.32. The summed E-state index contributed by atoms with van der Waals surface area (Å²) in [4.78, 5) is 12.3. The number of ether oxygens (including phenoxy) is 3. The summed E-state index contributed by atoms with van der Waals surface area (Å²) in [6.45, 7) is 0. The SMILES string of the molecule is COc1cc(OC)c(/C=N/NC(=O)c2cc(Cl)ccc2OC)cc1Br. The summed E-state index contributed by atoms with van der Waals surface area (Å²) in [6, 6.07) is 8.25. The molecular weight excluding hydrogens is 412 g/mol. The van der Waals surface area contributed by atoms with Gasteiger partial charge in [0.15, 0.2) is 0 Å². The second-order valence-corrected chi connectivity index (χ2v) is 6.06. The monoisotopic (exact) mass is 426 g/mol. The van der Waals surface area contributed by atoms with Crippen LogP contribution in [0.3, 0.4) is 0 Å². The van der Waals surface area contributed by atoms with Gasteiger partial charge in [-0.2, -0.15) is 5.10 Å². The normalized spacial score (nSPS) is 10.6. The number of carbonyl (C=O) groups is 1. The van der Waals surface area contributed by atoms with Gasteiger partial charge in [0.25, 0.3) is 5.91 Å². The predicted molar refractivity (Wildman–Crippen MR) is 100 cm³/mol. The van der Waals surface area contributed by atoms with Crippen LogP contribution in [0.2, 0.25) is 5.02 Å². The Kier molecular flexibility index (Phi) is 6.66. The number of benzene rings is 2. The standard InChI is InChI=1S/C17H16BrClN2O4/c1-23-14-5-4-11(19)7-12(14)17(22)21-20-9-10-6-13(18)16(25-3)8-15(10)24-2/h4-9H,1-3H3,(H,21,22)/b20-9+. The van der Waals surface area contributed by atoms with E-state index in [-0.39, 0.29) is 5.56 Å². The van der Waals surface area contributed by atoms with Crippen molar-refractivity contribution < 1.29 is 19.0 Å². The minimum absolute atomic E-state index is 0.287. The van der Waals surface area contributed by atoms with E-state index in [1.807, 2.05) is 0 Å². The first-order valence-electron chi connectivity index (χ1n) is 7.08. The molecule has 2 rings (SSSR count). The van der Waals surface area contributed by atoms with Crippen molar-refractivity contribution in [1.29, 1.82) is 0 Å². The van der Waals surface area contributed by atoms with Crippen LogP contribution in [0.4, 0.5) is 0 Å². The van der Waals surface area contributed by atoms with Gasteiger partial charge in [0.05, 0.1) is 37.6 Å². The number of hydrogen-bond donors (Lipinski definition) is 1. The Bertz CT molecular complexity index is 811. The van der Waals surface area contributed by atoms with E-state index in [0.717, 1.165) is 4.47 Å². The van der Waals surface area contributed by atoms with Gasteiger partial charge in [-0.3, -0.25) is 4.79 Å². The van der Waals surface area contributed by atoms with E-state index >= 15 is 0 Å². The third kappa shape index (κ3) is 4.64. The molecule has 0 bridgehead atoms. The molecule has 2 aromatic carbocycles. The zero-order chi connectivity index (χ0) is 18.4. The van der Waals surface area contributed by atoms with E-state index in [2.05, 4.69) is 26.5 Å². The molecule has 8 heteroatoms. The minimum atomic E-state index is -0.442. The van der Waals surface area contributed by atoms with E-state index in [1.165, 1.54) is 26.5 Å². The predicted octanol–water partition coefficient (Wildman–Crippen LogP) is 3.89. The number of hydrazone groups is 1. The maximum atomic E-state index is 12.3. The molecule has 0 aromatic heterocycles. The molecule has 0 spiro atoms. The van der Waals surface area contributed by atoms with E-state index in [4.69, 9.17) is 25.8 Å². The maximum Gasteiger partial charge on any atom is 0.275 e. The first-order chi connectivity index (χ1) is 12.0. The Hall–Kier alpha value is -2.25. The average Bonchev–Trinajstić information content (AvgIpc) is 2.61. The molecule has 132 valence electrons. The fraction of sp³-hybridized carbons (Fsp3) is 0.176. The van der Waals surface area contributed by atoms with Gasteiger partial charge in [0.1, 0.15) is 17.2 Å². The summed E-state index contributed by atoms with van der Waals surface area (Å²) in [5, 5.41) is 4.39. The molecule has 0 unspecified atom stereocenters. The van der Waals surface area contributed by atoms with Gasteiger partial charge in [-0.05, 0) is 40.2 Å². The quantitative estimate of drug-likeness (QED) is 0.561. The van der Waals surface area contributed by atoms with Crippen molar-refractivity contribution in [2.75, 3.05) is 21.3 Å². The second-order valence-electron chi connectivity index (χ2n) is 4.77. The lowest BCUT2D eigenvalue weighted by atomic mass is 10.2. The largest absolute Gasteiger partial charge is 0.496 e. The van der Waals surface area contributed by atoms with Crippen LogP contribution in [0, 0.1) is 0 Å². The molecule has 1 amide bonds. The molecule has 0 heterocycles. The number of nitrogens with zero attached hydrogens (tertiary/aromatic N) is 1. The average molecular weight is 428 g/mol. The Morgan fingerprint density at radius 1 is 1.08 bits per heavy atom. The highest BCUT2D eigenvalue weighted by atomic mass is 79.9. The number of amides is 1. The first-order valence-corrected chi connectivity index (χ1v) is 8.25. The van der Waals surface area contributed by atoms with Gasteiger partial charge in [-0.1, -0.05) is 11.6 Å². The molecule has 0 saturated heterocycles. The van der Waals surface area contributed by atoms with Crippen LogP contribution < -0.4 is 19.6 Å². The molecule has 6 nitrogen and oxygen atoms in total. The summed E-state index contributed by atoms with van der Waals surface area (Å²) in [5.41, 5.74) is 3.39. The molecule has 25 heavy (non-hydrogen) atoms. The van der Waals surface area contributed by atoms with Gasteiger partial charge in [-0.15, -0.1) is 0 Å². The van der Waals surface area contributed by atoms with Gasteiger partial charge in [-0.25, -0.2) is 5.43 Å². The zero-order valence-corrected chi connectivity index (χ0v) is 16.1. The summed E-state index contributed by atoms with van der Waals surface area (Å²) in [7, 11) is 4.57. The maximum absolute atomic E-state index is 12.3. The van der Waals surface area contributed by atoms with Crippen LogP contribution in [0.25, 0.3) is 0 Å². The third-order valence-corrected chi connectivity index (χ3v) is 4.13. The highest BCUT2D eigenvalue weighted by molar-refractivity contribution is 9.10. The van der Waals surface area contributed by atoms with E-state index in [1.54, 1.807) is 31.4 Å². The van der Waals surface area contributed by atoms with Crippen LogP contribution in [0.5, 0.6) is 17.2 Å². The van der Waals surface area contributed by atoms with Crippen molar-refractivity contribution in [3.8, 4) is 17.2 Å². The summed E-state index contributed by atoms with van der Waals surface area (Å²) < 4.78 is 16.4. The summed E-state index contributed by atoms with van der Waals surface area (Å²) in [6.07, 6.45) is 1.47. The molecule has 2 aromatic rings. The topological polar surface area (TPSA) is 69.2 Å². The van der Waals surface area contributed by atoms with Crippen molar-refractivity contribution in [1.82, 2.24) is 5.43 Å². The number of nitrogens with one attached hydrogen (secondary N) is 1. The molecule has 0 saturated carbocycles. The van der Waals surface area contributed by atoms with Gasteiger partial charge >= 0.3 is 0 Å². The number of rotatable bonds is 6.